The molecule has 0 radical (unpaired) electrons. The van der Waals surface area contributed by atoms with Gasteiger partial charge in [-0.1, -0.05) is 47.7 Å². The van der Waals surface area contributed by atoms with Crippen molar-refractivity contribution in [2.75, 3.05) is 11.1 Å². The molecule has 0 bridgehead atoms. The standard InChI is InChI=1S/C12H11ClFN3OS2/c1-2-6-19-12-17-16-11(20-12)15-10(18)9-7(13)4-3-5-8(9)14/h3-5H,2,6H2,1H3,(H,15,16,18). The lowest BCUT2D eigenvalue weighted by molar-refractivity contribution is 0.102. The SMILES string of the molecule is CCCSc1nnc(NC(=O)c2c(F)cccc2Cl)s1. The maximum atomic E-state index is 13.6. The third-order valence-corrected chi connectivity index (χ3v) is 4.74. The number of aromatic nitrogens is 2. The summed E-state index contributed by atoms with van der Waals surface area (Å²) in [4.78, 5) is 12.0. The van der Waals surface area contributed by atoms with Gasteiger partial charge >= 0.3 is 0 Å². The van der Waals surface area contributed by atoms with Gasteiger partial charge in [0.2, 0.25) is 5.13 Å². The monoisotopic (exact) mass is 331 g/mol. The van der Waals surface area contributed by atoms with Gasteiger partial charge in [-0.2, -0.15) is 0 Å². The number of carbonyl (C=O) groups excluding carboxylic acids is 1. The first-order valence-corrected chi connectivity index (χ1v) is 8.01. The van der Waals surface area contributed by atoms with Gasteiger partial charge in [-0.3, -0.25) is 10.1 Å². The van der Waals surface area contributed by atoms with Crippen molar-refractivity contribution in [2.45, 2.75) is 17.7 Å². The highest BCUT2D eigenvalue weighted by molar-refractivity contribution is 8.01. The summed E-state index contributed by atoms with van der Waals surface area (Å²) >= 11 is 8.64. The van der Waals surface area contributed by atoms with Crippen LogP contribution in [0.4, 0.5) is 9.52 Å². The lowest BCUT2D eigenvalue weighted by Crippen LogP contribution is -2.14. The smallest absolute Gasteiger partial charge is 0.261 e. The van der Waals surface area contributed by atoms with Crippen LogP contribution in [0.3, 0.4) is 0 Å². The molecule has 0 atom stereocenters. The molecule has 8 heteroatoms. The van der Waals surface area contributed by atoms with E-state index in [0.717, 1.165) is 16.5 Å². The van der Waals surface area contributed by atoms with Gasteiger partial charge in [0, 0.05) is 5.75 Å². The molecule has 4 nitrogen and oxygen atoms in total. The number of hydrogen-bond acceptors (Lipinski definition) is 5. The maximum absolute atomic E-state index is 13.6. The quantitative estimate of drug-likeness (QED) is 0.662. The molecular formula is C12H11ClFN3OS2. The van der Waals surface area contributed by atoms with Crippen molar-refractivity contribution in [2.24, 2.45) is 0 Å². The number of thioether (sulfide) groups is 1. The summed E-state index contributed by atoms with van der Waals surface area (Å²) in [5, 5.41) is 10.7. The molecule has 1 heterocycles. The van der Waals surface area contributed by atoms with Crippen molar-refractivity contribution in [3.63, 3.8) is 0 Å². The van der Waals surface area contributed by atoms with Gasteiger partial charge in [0.15, 0.2) is 4.34 Å². The van der Waals surface area contributed by atoms with Crippen molar-refractivity contribution in [3.8, 4) is 0 Å². The predicted molar refractivity (Wildman–Crippen MR) is 80.3 cm³/mol. The molecule has 0 spiro atoms. The van der Waals surface area contributed by atoms with Crippen molar-refractivity contribution in [1.82, 2.24) is 10.2 Å². The number of hydrogen-bond donors (Lipinski definition) is 1. The number of benzene rings is 1. The second-order valence-corrected chi connectivity index (χ2v) is 6.50. The minimum atomic E-state index is -0.667. The summed E-state index contributed by atoms with van der Waals surface area (Å²) in [6, 6.07) is 4.09. The molecule has 1 amide bonds. The minimum Gasteiger partial charge on any atom is -0.296 e. The summed E-state index contributed by atoms with van der Waals surface area (Å²) in [5.41, 5.74) is -0.188. The first kappa shape index (κ1) is 15.2. The van der Waals surface area contributed by atoms with Crippen molar-refractivity contribution < 1.29 is 9.18 Å². The first-order chi connectivity index (χ1) is 9.61. The number of amides is 1. The Labute approximate surface area is 128 Å². The second kappa shape index (κ2) is 7.01. The topological polar surface area (TPSA) is 54.9 Å². The van der Waals surface area contributed by atoms with E-state index >= 15 is 0 Å². The van der Waals surface area contributed by atoms with E-state index in [1.807, 2.05) is 0 Å². The Morgan fingerprint density at radius 1 is 1.50 bits per heavy atom. The van der Waals surface area contributed by atoms with Crippen LogP contribution in [-0.4, -0.2) is 21.9 Å². The van der Waals surface area contributed by atoms with E-state index in [-0.39, 0.29) is 10.6 Å². The average Bonchev–Trinajstić information content (AvgIpc) is 2.83. The zero-order valence-electron chi connectivity index (χ0n) is 10.5. The zero-order chi connectivity index (χ0) is 14.5. The van der Waals surface area contributed by atoms with E-state index in [9.17, 15) is 9.18 Å². The number of anilines is 1. The van der Waals surface area contributed by atoms with Gasteiger partial charge in [-0.05, 0) is 18.6 Å². The molecule has 0 aliphatic carbocycles. The van der Waals surface area contributed by atoms with E-state index in [2.05, 4.69) is 22.4 Å². The number of carbonyl (C=O) groups is 1. The second-order valence-electron chi connectivity index (χ2n) is 3.77. The van der Waals surface area contributed by atoms with Crippen LogP contribution in [0, 0.1) is 5.82 Å². The van der Waals surface area contributed by atoms with Crippen LogP contribution >= 0.6 is 34.7 Å². The highest BCUT2D eigenvalue weighted by atomic mass is 35.5. The molecule has 0 aliphatic rings. The number of halogens is 2. The molecule has 2 rings (SSSR count). The Morgan fingerprint density at radius 3 is 3.00 bits per heavy atom. The number of nitrogens with zero attached hydrogens (tertiary/aromatic N) is 2. The molecule has 1 N–H and O–H groups in total. The van der Waals surface area contributed by atoms with Gasteiger partial charge in [-0.25, -0.2) is 4.39 Å². The lowest BCUT2D eigenvalue weighted by Gasteiger charge is -2.04. The van der Waals surface area contributed by atoms with Gasteiger partial charge in [0.25, 0.3) is 5.91 Å². The van der Waals surface area contributed by atoms with Crippen LogP contribution < -0.4 is 5.32 Å². The van der Waals surface area contributed by atoms with Gasteiger partial charge in [0.1, 0.15) is 5.82 Å². The fourth-order valence-electron chi connectivity index (χ4n) is 1.38. The molecule has 20 heavy (non-hydrogen) atoms. The summed E-state index contributed by atoms with van der Waals surface area (Å²) in [5.74, 6) is -0.363. The van der Waals surface area contributed by atoms with E-state index in [4.69, 9.17) is 11.6 Å². The molecule has 1 aromatic heterocycles. The molecular weight excluding hydrogens is 321 g/mol. The van der Waals surface area contributed by atoms with Gasteiger partial charge in [0.05, 0.1) is 10.6 Å². The summed E-state index contributed by atoms with van der Waals surface area (Å²) in [6.07, 6.45) is 1.02. The van der Waals surface area contributed by atoms with Crippen LogP contribution in [0.15, 0.2) is 22.5 Å². The van der Waals surface area contributed by atoms with Crippen molar-refractivity contribution in [3.05, 3.63) is 34.6 Å². The largest absolute Gasteiger partial charge is 0.296 e. The number of rotatable bonds is 5. The summed E-state index contributed by atoms with van der Waals surface area (Å²) < 4.78 is 14.4. The van der Waals surface area contributed by atoms with Crippen LogP contribution in [0.25, 0.3) is 0 Å². The summed E-state index contributed by atoms with van der Waals surface area (Å²) in [7, 11) is 0. The number of nitrogens with one attached hydrogen (secondary N) is 1. The summed E-state index contributed by atoms with van der Waals surface area (Å²) in [6.45, 7) is 2.07. The van der Waals surface area contributed by atoms with E-state index in [0.29, 0.717) is 5.13 Å². The van der Waals surface area contributed by atoms with Crippen LogP contribution in [0.2, 0.25) is 5.02 Å². The third-order valence-electron chi connectivity index (χ3n) is 2.25. The predicted octanol–water partition coefficient (Wildman–Crippen LogP) is 4.09. The Kier molecular flexibility index (Phi) is 5.33. The highest BCUT2D eigenvalue weighted by Crippen LogP contribution is 2.27. The van der Waals surface area contributed by atoms with Crippen LogP contribution in [-0.2, 0) is 0 Å². The van der Waals surface area contributed by atoms with Gasteiger partial charge < -0.3 is 0 Å². The van der Waals surface area contributed by atoms with Crippen LogP contribution in [0.1, 0.15) is 23.7 Å². The molecule has 1 aromatic carbocycles. The van der Waals surface area contributed by atoms with Crippen molar-refractivity contribution in [1.29, 1.82) is 0 Å². The molecule has 106 valence electrons. The Morgan fingerprint density at radius 2 is 2.30 bits per heavy atom. The molecule has 0 aliphatic heterocycles. The maximum Gasteiger partial charge on any atom is 0.261 e. The van der Waals surface area contributed by atoms with Gasteiger partial charge in [-0.15, -0.1) is 10.2 Å². The highest BCUT2D eigenvalue weighted by Gasteiger charge is 2.17. The Hall–Kier alpha value is -1.18. The lowest BCUT2D eigenvalue weighted by atomic mass is 10.2. The molecule has 0 saturated carbocycles. The normalized spacial score (nSPS) is 10.6. The fraction of sp³-hybridized carbons (Fsp3) is 0.250. The first-order valence-electron chi connectivity index (χ1n) is 5.83. The zero-order valence-corrected chi connectivity index (χ0v) is 12.9. The van der Waals surface area contributed by atoms with Crippen LogP contribution in [0.5, 0.6) is 0 Å². The average molecular weight is 332 g/mol. The molecule has 0 unspecified atom stereocenters. The molecule has 0 saturated heterocycles. The fourth-order valence-corrected chi connectivity index (χ4v) is 3.30. The van der Waals surface area contributed by atoms with E-state index in [1.54, 1.807) is 11.8 Å². The third kappa shape index (κ3) is 3.68. The Balaban J connectivity index is 2.10. The molecule has 0 fully saturated rings. The molecule has 2 aromatic rings. The van der Waals surface area contributed by atoms with E-state index < -0.39 is 11.7 Å². The van der Waals surface area contributed by atoms with E-state index in [1.165, 1.54) is 29.5 Å². The minimum absolute atomic E-state index is 0.0626. The Bertz CT molecular complexity index is 600. The van der Waals surface area contributed by atoms with Crippen molar-refractivity contribution >= 4 is 45.7 Å².